The number of aromatic nitrogens is 2. The Balaban J connectivity index is 2.09. The van der Waals surface area contributed by atoms with E-state index in [1.807, 2.05) is 24.3 Å². The Morgan fingerprint density at radius 2 is 2.00 bits per heavy atom. The van der Waals surface area contributed by atoms with Gasteiger partial charge >= 0.3 is 0 Å². The lowest BCUT2D eigenvalue weighted by Gasteiger charge is -2.02. The Labute approximate surface area is 93.3 Å². The number of rotatable bonds is 2. The molecule has 0 radical (unpaired) electrons. The number of fused-ring (bicyclic) bond motifs is 1. The van der Waals surface area contributed by atoms with Crippen molar-refractivity contribution in [1.29, 1.82) is 0 Å². The normalized spacial score (nSPS) is 15.8. The van der Waals surface area contributed by atoms with E-state index in [0.29, 0.717) is 5.15 Å². The highest BCUT2D eigenvalue weighted by Crippen LogP contribution is 2.32. The topological polar surface area (TPSA) is 25.8 Å². The maximum atomic E-state index is 6.11. The van der Waals surface area contributed by atoms with Gasteiger partial charge < -0.3 is 0 Å². The monoisotopic (exact) mass is 218 g/mol. The van der Waals surface area contributed by atoms with Crippen molar-refractivity contribution in [1.82, 2.24) is 9.97 Å². The van der Waals surface area contributed by atoms with Gasteiger partial charge in [0.1, 0.15) is 11.0 Å². The largest absolute Gasteiger partial charge is 0.233 e. The number of halogens is 1. The third-order valence-corrected chi connectivity index (χ3v) is 3.06. The molecule has 1 fully saturated rings. The third kappa shape index (κ3) is 1.82. The van der Waals surface area contributed by atoms with Crippen LogP contribution in [-0.2, 0) is 6.42 Å². The first-order valence-corrected chi connectivity index (χ1v) is 5.62. The summed E-state index contributed by atoms with van der Waals surface area (Å²) < 4.78 is 0. The van der Waals surface area contributed by atoms with Crippen molar-refractivity contribution < 1.29 is 0 Å². The van der Waals surface area contributed by atoms with E-state index in [-0.39, 0.29) is 0 Å². The first kappa shape index (κ1) is 9.10. The molecule has 2 aromatic rings. The number of hydrogen-bond donors (Lipinski definition) is 0. The molecule has 0 saturated heterocycles. The highest BCUT2D eigenvalue weighted by Gasteiger charge is 2.23. The molecule has 3 rings (SSSR count). The van der Waals surface area contributed by atoms with Crippen LogP contribution in [0, 0.1) is 5.92 Å². The van der Waals surface area contributed by atoms with Crippen LogP contribution in [0.5, 0.6) is 0 Å². The van der Waals surface area contributed by atoms with Crippen molar-refractivity contribution in [2.75, 3.05) is 0 Å². The molecule has 1 aromatic heterocycles. The second kappa shape index (κ2) is 3.46. The van der Waals surface area contributed by atoms with Crippen LogP contribution in [0.2, 0.25) is 5.15 Å². The van der Waals surface area contributed by atoms with Crippen molar-refractivity contribution in [2.45, 2.75) is 19.3 Å². The number of para-hydroxylation sites is 1. The van der Waals surface area contributed by atoms with Gasteiger partial charge in [0.2, 0.25) is 0 Å². The Kier molecular flexibility index (Phi) is 2.10. The van der Waals surface area contributed by atoms with Crippen LogP contribution in [0.25, 0.3) is 10.9 Å². The van der Waals surface area contributed by atoms with Crippen LogP contribution in [0.1, 0.15) is 18.7 Å². The van der Waals surface area contributed by atoms with Crippen molar-refractivity contribution in [2.24, 2.45) is 5.92 Å². The molecule has 76 valence electrons. The second-order valence-electron chi connectivity index (χ2n) is 4.10. The van der Waals surface area contributed by atoms with Crippen molar-refractivity contribution in [3.8, 4) is 0 Å². The SMILES string of the molecule is Clc1nc(CC2CC2)nc2ccccc12. The molecule has 0 atom stereocenters. The van der Waals surface area contributed by atoms with Gasteiger partial charge in [0.25, 0.3) is 0 Å². The first-order valence-electron chi connectivity index (χ1n) is 5.24. The summed E-state index contributed by atoms with van der Waals surface area (Å²) >= 11 is 6.11. The Morgan fingerprint density at radius 3 is 2.80 bits per heavy atom. The van der Waals surface area contributed by atoms with E-state index in [1.54, 1.807) is 0 Å². The van der Waals surface area contributed by atoms with Crippen molar-refractivity contribution in [3.63, 3.8) is 0 Å². The molecule has 2 nitrogen and oxygen atoms in total. The van der Waals surface area contributed by atoms with Gasteiger partial charge in [0, 0.05) is 11.8 Å². The second-order valence-corrected chi connectivity index (χ2v) is 4.45. The minimum Gasteiger partial charge on any atom is -0.233 e. The molecule has 15 heavy (non-hydrogen) atoms. The third-order valence-electron chi connectivity index (χ3n) is 2.77. The maximum absolute atomic E-state index is 6.11. The van der Waals surface area contributed by atoms with Crippen LogP contribution < -0.4 is 0 Å². The first-order chi connectivity index (χ1) is 7.33. The standard InChI is InChI=1S/C12H11ClN2/c13-12-9-3-1-2-4-10(9)14-11(15-12)7-8-5-6-8/h1-4,8H,5-7H2. The van der Waals surface area contributed by atoms with E-state index < -0.39 is 0 Å². The highest BCUT2D eigenvalue weighted by molar-refractivity contribution is 6.34. The van der Waals surface area contributed by atoms with Crippen LogP contribution in [-0.4, -0.2) is 9.97 Å². The number of hydrogen-bond acceptors (Lipinski definition) is 2. The molecule has 0 unspecified atom stereocenters. The van der Waals surface area contributed by atoms with Gasteiger partial charge in [-0.25, -0.2) is 9.97 Å². The lowest BCUT2D eigenvalue weighted by Crippen LogP contribution is -1.97. The van der Waals surface area contributed by atoms with Gasteiger partial charge in [-0.05, 0) is 30.9 Å². The van der Waals surface area contributed by atoms with Gasteiger partial charge in [-0.1, -0.05) is 23.7 Å². The molecule has 0 N–H and O–H groups in total. The summed E-state index contributed by atoms with van der Waals surface area (Å²) in [6.07, 6.45) is 3.60. The predicted molar refractivity (Wildman–Crippen MR) is 61.0 cm³/mol. The maximum Gasteiger partial charge on any atom is 0.140 e. The summed E-state index contributed by atoms with van der Waals surface area (Å²) in [6, 6.07) is 7.88. The molecule has 1 aliphatic carbocycles. The van der Waals surface area contributed by atoms with Gasteiger partial charge in [0.05, 0.1) is 5.52 Å². The van der Waals surface area contributed by atoms with Crippen LogP contribution in [0.15, 0.2) is 24.3 Å². The minimum absolute atomic E-state index is 0.580. The Morgan fingerprint density at radius 1 is 1.20 bits per heavy atom. The lowest BCUT2D eigenvalue weighted by molar-refractivity contribution is 0.776. The molecule has 0 amide bonds. The molecule has 1 aromatic carbocycles. The molecule has 0 spiro atoms. The van der Waals surface area contributed by atoms with Gasteiger partial charge in [-0.2, -0.15) is 0 Å². The van der Waals surface area contributed by atoms with E-state index in [0.717, 1.165) is 29.1 Å². The van der Waals surface area contributed by atoms with Crippen LogP contribution in [0.4, 0.5) is 0 Å². The zero-order valence-corrected chi connectivity index (χ0v) is 9.04. The van der Waals surface area contributed by atoms with Crippen LogP contribution >= 0.6 is 11.6 Å². The quantitative estimate of drug-likeness (QED) is 0.724. The van der Waals surface area contributed by atoms with Crippen LogP contribution in [0.3, 0.4) is 0 Å². The highest BCUT2D eigenvalue weighted by atomic mass is 35.5. The smallest absolute Gasteiger partial charge is 0.140 e. The zero-order valence-electron chi connectivity index (χ0n) is 8.28. The van der Waals surface area contributed by atoms with Gasteiger partial charge in [0.15, 0.2) is 0 Å². The van der Waals surface area contributed by atoms with E-state index in [9.17, 15) is 0 Å². The summed E-state index contributed by atoms with van der Waals surface area (Å²) in [7, 11) is 0. The average Bonchev–Trinajstić information content (AvgIpc) is 3.02. The van der Waals surface area contributed by atoms with E-state index >= 15 is 0 Å². The molecule has 3 heteroatoms. The molecular formula is C12H11ClN2. The van der Waals surface area contributed by atoms with Crippen molar-refractivity contribution in [3.05, 3.63) is 35.2 Å². The number of benzene rings is 1. The fourth-order valence-corrected chi connectivity index (χ4v) is 2.01. The van der Waals surface area contributed by atoms with Crippen molar-refractivity contribution >= 4 is 22.5 Å². The summed E-state index contributed by atoms with van der Waals surface area (Å²) in [5.74, 6) is 1.68. The summed E-state index contributed by atoms with van der Waals surface area (Å²) in [5, 5.41) is 1.52. The summed E-state index contributed by atoms with van der Waals surface area (Å²) in [4.78, 5) is 8.86. The molecule has 0 bridgehead atoms. The van der Waals surface area contributed by atoms with E-state index in [1.165, 1.54) is 12.8 Å². The molecule has 1 heterocycles. The summed E-state index contributed by atoms with van der Waals surface area (Å²) in [6.45, 7) is 0. The minimum atomic E-state index is 0.580. The fourth-order valence-electron chi connectivity index (χ4n) is 1.75. The predicted octanol–water partition coefficient (Wildman–Crippen LogP) is 3.24. The van der Waals surface area contributed by atoms with E-state index in [2.05, 4.69) is 9.97 Å². The summed E-state index contributed by atoms with van der Waals surface area (Å²) in [5.41, 5.74) is 0.952. The molecule has 1 aliphatic rings. The molecule has 1 saturated carbocycles. The number of nitrogens with zero attached hydrogens (tertiary/aromatic N) is 2. The van der Waals surface area contributed by atoms with E-state index in [4.69, 9.17) is 11.6 Å². The molecular weight excluding hydrogens is 208 g/mol. The lowest BCUT2D eigenvalue weighted by atomic mass is 10.2. The Hall–Kier alpha value is -1.15. The zero-order chi connectivity index (χ0) is 10.3. The fraction of sp³-hybridized carbons (Fsp3) is 0.333. The van der Waals surface area contributed by atoms with Gasteiger partial charge in [-0.3, -0.25) is 0 Å². The molecule has 0 aliphatic heterocycles. The Bertz CT molecular complexity index is 506. The average molecular weight is 219 g/mol. The van der Waals surface area contributed by atoms with Gasteiger partial charge in [-0.15, -0.1) is 0 Å².